The SMILES string of the molecule is CCCCCCCCOC(=O)C[N+](C)(C)CCO[C@@H]1C[C@@H]2CC[C@@]1(C)C2(C)C. The number of fused-ring (bicyclic) bond motifs is 2. The summed E-state index contributed by atoms with van der Waals surface area (Å²) in [6, 6.07) is 0. The van der Waals surface area contributed by atoms with E-state index in [1.165, 1.54) is 44.9 Å². The Labute approximate surface area is 173 Å². The fourth-order valence-electron chi connectivity index (χ4n) is 5.37. The highest BCUT2D eigenvalue weighted by Crippen LogP contribution is 2.66. The minimum atomic E-state index is -0.0772. The maximum atomic E-state index is 12.2. The summed E-state index contributed by atoms with van der Waals surface area (Å²) in [4.78, 5) is 12.2. The van der Waals surface area contributed by atoms with Crippen molar-refractivity contribution in [2.75, 3.05) is 40.4 Å². The van der Waals surface area contributed by atoms with E-state index >= 15 is 0 Å². The lowest BCUT2D eigenvalue weighted by molar-refractivity contribution is -0.883. The van der Waals surface area contributed by atoms with Crippen LogP contribution in [0.1, 0.15) is 85.5 Å². The lowest BCUT2D eigenvalue weighted by Crippen LogP contribution is -2.47. The number of hydrogen-bond donors (Lipinski definition) is 0. The summed E-state index contributed by atoms with van der Waals surface area (Å²) >= 11 is 0. The molecule has 0 radical (unpaired) electrons. The van der Waals surface area contributed by atoms with Gasteiger partial charge in [-0.25, -0.2) is 4.79 Å². The van der Waals surface area contributed by atoms with Gasteiger partial charge in [-0.05, 0) is 42.4 Å². The first-order valence-corrected chi connectivity index (χ1v) is 11.7. The van der Waals surface area contributed by atoms with Crippen LogP contribution in [0.4, 0.5) is 0 Å². The number of quaternary nitrogens is 1. The van der Waals surface area contributed by atoms with Crippen LogP contribution in [0, 0.1) is 16.7 Å². The molecule has 28 heavy (non-hydrogen) atoms. The Kier molecular flexibility index (Phi) is 8.39. The Morgan fingerprint density at radius 3 is 2.32 bits per heavy atom. The first-order valence-electron chi connectivity index (χ1n) is 11.7. The van der Waals surface area contributed by atoms with Gasteiger partial charge in [0.15, 0.2) is 6.54 Å². The largest absolute Gasteiger partial charge is 0.462 e. The summed E-state index contributed by atoms with van der Waals surface area (Å²) in [7, 11) is 4.20. The van der Waals surface area contributed by atoms with Gasteiger partial charge < -0.3 is 14.0 Å². The predicted octanol–water partition coefficient (Wildman–Crippen LogP) is 5.20. The van der Waals surface area contributed by atoms with Gasteiger partial charge in [0.1, 0.15) is 6.54 Å². The molecule has 0 amide bonds. The Morgan fingerprint density at radius 1 is 1.04 bits per heavy atom. The summed E-state index contributed by atoms with van der Waals surface area (Å²) in [5, 5.41) is 0. The highest BCUT2D eigenvalue weighted by atomic mass is 16.5. The topological polar surface area (TPSA) is 35.5 Å². The maximum absolute atomic E-state index is 12.2. The second kappa shape index (κ2) is 9.93. The van der Waals surface area contributed by atoms with Gasteiger partial charge in [-0.3, -0.25) is 0 Å². The van der Waals surface area contributed by atoms with E-state index < -0.39 is 0 Å². The van der Waals surface area contributed by atoms with E-state index in [2.05, 4.69) is 41.8 Å². The van der Waals surface area contributed by atoms with E-state index in [0.29, 0.717) is 34.6 Å². The monoisotopic (exact) mass is 396 g/mol. The molecule has 2 rings (SSSR count). The minimum absolute atomic E-state index is 0.0772. The fraction of sp³-hybridized carbons (Fsp3) is 0.958. The standard InChI is InChI=1S/C24H46NO3/c1-7-8-9-10-11-12-16-28-22(26)19-25(5,6)15-17-27-21-18-20-13-14-24(21,4)23(20,2)3/h20-21H,7-19H2,1-6H3/q+1/t20-,21+,24+/m0/s1. The van der Waals surface area contributed by atoms with Gasteiger partial charge in [0.05, 0.1) is 33.4 Å². The van der Waals surface area contributed by atoms with Crippen LogP contribution in [0.25, 0.3) is 0 Å². The molecule has 0 aliphatic heterocycles. The zero-order valence-corrected chi connectivity index (χ0v) is 19.5. The van der Waals surface area contributed by atoms with Crippen molar-refractivity contribution in [3.63, 3.8) is 0 Å². The normalized spacial score (nSPS) is 28.6. The summed E-state index contributed by atoms with van der Waals surface area (Å²) in [5.74, 6) is 0.730. The molecule has 2 bridgehead atoms. The molecule has 0 saturated heterocycles. The summed E-state index contributed by atoms with van der Waals surface area (Å²) in [5.41, 5.74) is 0.702. The van der Waals surface area contributed by atoms with Crippen LogP contribution in [-0.4, -0.2) is 57.0 Å². The van der Waals surface area contributed by atoms with Gasteiger partial charge >= 0.3 is 5.97 Å². The van der Waals surface area contributed by atoms with Crippen molar-refractivity contribution in [2.45, 2.75) is 91.6 Å². The van der Waals surface area contributed by atoms with Crippen LogP contribution >= 0.6 is 0 Å². The maximum Gasteiger partial charge on any atom is 0.361 e. The molecule has 4 heteroatoms. The Bertz CT molecular complexity index is 502. The molecule has 164 valence electrons. The number of ether oxygens (including phenoxy) is 2. The van der Waals surface area contributed by atoms with Crippen molar-refractivity contribution in [1.82, 2.24) is 0 Å². The van der Waals surface area contributed by atoms with E-state index in [0.717, 1.165) is 31.9 Å². The second-order valence-corrected chi connectivity index (χ2v) is 10.8. The third kappa shape index (κ3) is 5.72. The zero-order valence-electron chi connectivity index (χ0n) is 19.5. The molecule has 4 nitrogen and oxygen atoms in total. The summed E-state index contributed by atoms with van der Waals surface area (Å²) < 4.78 is 12.5. The van der Waals surface area contributed by atoms with E-state index in [4.69, 9.17) is 9.47 Å². The van der Waals surface area contributed by atoms with Crippen molar-refractivity contribution in [1.29, 1.82) is 0 Å². The lowest BCUT2D eigenvalue weighted by Gasteiger charge is -2.39. The van der Waals surface area contributed by atoms with Gasteiger partial charge in [0.25, 0.3) is 0 Å². The van der Waals surface area contributed by atoms with Crippen LogP contribution < -0.4 is 0 Å². The molecule has 0 aromatic heterocycles. The molecule has 0 unspecified atom stereocenters. The van der Waals surface area contributed by atoms with Crippen molar-refractivity contribution >= 4 is 5.97 Å². The van der Waals surface area contributed by atoms with Gasteiger partial charge in [0, 0.05) is 0 Å². The van der Waals surface area contributed by atoms with Crippen LogP contribution in [-0.2, 0) is 14.3 Å². The Hall–Kier alpha value is -0.610. The molecule has 0 aromatic rings. The third-order valence-corrected chi connectivity index (χ3v) is 8.05. The number of carbonyl (C=O) groups is 1. The molecule has 2 fully saturated rings. The minimum Gasteiger partial charge on any atom is -0.462 e. The molecule has 2 saturated carbocycles. The molecular formula is C24H46NO3+. The summed E-state index contributed by atoms with van der Waals surface area (Å²) in [6.07, 6.45) is 11.5. The van der Waals surface area contributed by atoms with E-state index in [9.17, 15) is 4.79 Å². The molecule has 2 aliphatic rings. The number of hydrogen-bond acceptors (Lipinski definition) is 3. The van der Waals surface area contributed by atoms with Crippen molar-refractivity contribution in [3.8, 4) is 0 Å². The zero-order chi connectivity index (χ0) is 20.8. The number of rotatable bonds is 13. The van der Waals surface area contributed by atoms with E-state index in [1.807, 2.05) is 0 Å². The van der Waals surface area contributed by atoms with Crippen LogP contribution in [0.5, 0.6) is 0 Å². The predicted molar refractivity (Wildman–Crippen MR) is 115 cm³/mol. The molecule has 0 N–H and O–H groups in total. The van der Waals surface area contributed by atoms with E-state index in [-0.39, 0.29) is 5.97 Å². The van der Waals surface area contributed by atoms with Crippen LogP contribution in [0.15, 0.2) is 0 Å². The number of nitrogens with zero attached hydrogens (tertiary/aromatic N) is 1. The highest BCUT2D eigenvalue weighted by Gasteiger charge is 2.61. The number of esters is 1. The Morgan fingerprint density at radius 2 is 1.71 bits per heavy atom. The number of unbranched alkanes of at least 4 members (excludes halogenated alkanes) is 5. The molecule has 0 heterocycles. The van der Waals surface area contributed by atoms with Crippen molar-refractivity contribution < 1.29 is 18.8 Å². The van der Waals surface area contributed by atoms with Crippen molar-refractivity contribution in [2.24, 2.45) is 16.7 Å². The van der Waals surface area contributed by atoms with Crippen LogP contribution in [0.3, 0.4) is 0 Å². The first-order chi connectivity index (χ1) is 13.1. The van der Waals surface area contributed by atoms with Gasteiger partial charge in [0.2, 0.25) is 0 Å². The second-order valence-electron chi connectivity index (χ2n) is 10.8. The average molecular weight is 397 g/mol. The third-order valence-electron chi connectivity index (χ3n) is 8.05. The highest BCUT2D eigenvalue weighted by molar-refractivity contribution is 5.70. The average Bonchev–Trinajstić information content (AvgIpc) is 2.94. The van der Waals surface area contributed by atoms with E-state index in [1.54, 1.807) is 0 Å². The molecular weight excluding hydrogens is 350 g/mol. The molecule has 0 spiro atoms. The first kappa shape index (κ1) is 23.7. The number of likely N-dealkylation sites (N-methyl/N-ethyl adjacent to an activating group) is 1. The molecule has 2 aliphatic carbocycles. The summed E-state index contributed by atoms with van der Waals surface area (Å²) in [6.45, 7) is 12.1. The molecule has 0 aromatic carbocycles. The quantitative estimate of drug-likeness (QED) is 0.244. The van der Waals surface area contributed by atoms with Crippen molar-refractivity contribution in [3.05, 3.63) is 0 Å². The fourth-order valence-corrected chi connectivity index (χ4v) is 5.37. The Balaban J connectivity index is 1.61. The molecule has 3 atom stereocenters. The van der Waals surface area contributed by atoms with Gasteiger partial charge in [-0.2, -0.15) is 0 Å². The smallest absolute Gasteiger partial charge is 0.361 e. The van der Waals surface area contributed by atoms with Crippen LogP contribution in [0.2, 0.25) is 0 Å². The lowest BCUT2D eigenvalue weighted by atomic mass is 9.70. The van der Waals surface area contributed by atoms with Gasteiger partial charge in [-0.15, -0.1) is 0 Å². The number of carbonyl (C=O) groups excluding carboxylic acids is 1. The van der Waals surface area contributed by atoms with Gasteiger partial charge in [-0.1, -0.05) is 59.8 Å².